The lowest BCUT2D eigenvalue weighted by molar-refractivity contribution is -0.374. The van der Waals surface area contributed by atoms with Crippen LogP contribution in [0.15, 0.2) is 0 Å². The number of unbranched alkanes of at least 4 members (excludes halogenated alkanes) is 5. The zero-order valence-electron chi connectivity index (χ0n) is 27.6. The number of ether oxygens (including phenoxy) is 7. The van der Waals surface area contributed by atoms with E-state index in [2.05, 4.69) is 10.1 Å². The van der Waals surface area contributed by atoms with Crippen molar-refractivity contribution in [3.63, 3.8) is 0 Å². The van der Waals surface area contributed by atoms with Crippen LogP contribution in [0.4, 0.5) is 0 Å². The molecule has 3 aliphatic heterocycles. The third-order valence-corrected chi connectivity index (χ3v) is 8.76. The fourth-order valence-corrected chi connectivity index (χ4v) is 5.96. The summed E-state index contributed by atoms with van der Waals surface area (Å²) in [6.45, 7) is -0.902. The average molecular weight is 716 g/mol. The van der Waals surface area contributed by atoms with Crippen LogP contribution in [-0.4, -0.2) is 183 Å². The Balaban J connectivity index is 1.70. The van der Waals surface area contributed by atoms with Gasteiger partial charge in [-0.05, 0) is 12.8 Å². The molecule has 49 heavy (non-hydrogen) atoms. The van der Waals surface area contributed by atoms with Gasteiger partial charge in [-0.1, -0.05) is 25.7 Å². The third kappa shape index (κ3) is 11.2. The van der Waals surface area contributed by atoms with Gasteiger partial charge in [0.25, 0.3) is 0 Å². The number of carbonyl (C=O) groups is 2. The van der Waals surface area contributed by atoms with E-state index < -0.39 is 118 Å². The van der Waals surface area contributed by atoms with E-state index in [-0.39, 0.29) is 12.6 Å². The van der Waals surface area contributed by atoms with Crippen molar-refractivity contribution in [3.8, 4) is 0 Å². The Morgan fingerprint density at radius 3 is 1.67 bits per heavy atom. The highest BCUT2D eigenvalue weighted by atomic mass is 16.7. The highest BCUT2D eigenvalue weighted by Crippen LogP contribution is 2.33. The number of aliphatic hydroxyl groups is 9. The molecule has 19 heteroatoms. The Bertz CT molecular complexity index is 993. The summed E-state index contributed by atoms with van der Waals surface area (Å²) in [5, 5.41) is 95.8. The number of aliphatic hydroxyl groups excluding tert-OH is 9. The summed E-state index contributed by atoms with van der Waals surface area (Å²) in [6.07, 6.45) is -17.7. The molecule has 0 saturated carbocycles. The fraction of sp³-hybridized carbons (Fsp3) is 0.933. The summed E-state index contributed by atoms with van der Waals surface area (Å²) in [5.74, 6) is -0.810. The van der Waals surface area contributed by atoms with Crippen molar-refractivity contribution in [1.29, 1.82) is 0 Å². The number of carbonyl (C=O) groups excluding carboxylic acids is 2. The molecule has 0 unspecified atom stereocenters. The molecule has 1 amide bonds. The van der Waals surface area contributed by atoms with Gasteiger partial charge < -0.3 is 84.4 Å². The SMILES string of the molecule is COC(=O)CCCCCCCCO[C@@H]1O[C@H](CO)[C@@H](O)[C@H](O[C@@H]2O[C@H](CO)[C@H](O)[C@H](O[C@H]3O[C@H](CO)[C@H](O)[C@H](O)[C@H]3O)[C@H]2O)[C@H]1NC(C)=O. The van der Waals surface area contributed by atoms with Gasteiger partial charge in [-0.2, -0.15) is 0 Å². The van der Waals surface area contributed by atoms with Crippen molar-refractivity contribution >= 4 is 11.9 Å². The number of hydrogen-bond donors (Lipinski definition) is 10. The second-order valence-electron chi connectivity index (χ2n) is 12.4. The van der Waals surface area contributed by atoms with Gasteiger partial charge in [-0.25, -0.2) is 0 Å². The standard InChI is InChI=1S/C30H53NO18/c1-14(35)31-19-26(21(38)16(12-33)45-28(19)44-10-8-6-4-3-5-7-9-18(36)43-2)48-30-25(42)27(22(39)17(13-34)47-30)49-29-24(41)23(40)20(37)15(11-32)46-29/h15-17,19-30,32-34,37-42H,3-13H2,1-2H3,(H,31,35)/t15-,16-,17-,19-,20+,21-,22+,23+,24-,25-,26-,27+,28-,29-,30+/m1/s1. The molecule has 0 aromatic rings. The molecule has 19 nitrogen and oxygen atoms in total. The van der Waals surface area contributed by atoms with Gasteiger partial charge >= 0.3 is 5.97 Å². The molecule has 0 radical (unpaired) electrons. The minimum Gasteiger partial charge on any atom is -0.469 e. The molecule has 0 spiro atoms. The van der Waals surface area contributed by atoms with Gasteiger partial charge in [-0.3, -0.25) is 9.59 Å². The molecule has 3 heterocycles. The van der Waals surface area contributed by atoms with Gasteiger partial charge in [0.15, 0.2) is 18.9 Å². The number of rotatable bonds is 18. The minimum absolute atomic E-state index is 0.167. The molecule has 15 atom stereocenters. The molecule has 10 N–H and O–H groups in total. The second-order valence-corrected chi connectivity index (χ2v) is 12.4. The fourth-order valence-electron chi connectivity index (χ4n) is 5.96. The van der Waals surface area contributed by atoms with Crippen molar-refractivity contribution in [1.82, 2.24) is 5.32 Å². The monoisotopic (exact) mass is 715 g/mol. The maximum atomic E-state index is 12.2. The molecular formula is C30H53NO18. The predicted molar refractivity (Wildman–Crippen MR) is 161 cm³/mol. The lowest BCUT2D eigenvalue weighted by atomic mass is 9.95. The first-order chi connectivity index (χ1) is 23.4. The maximum absolute atomic E-state index is 12.2. The first kappa shape index (κ1) is 41.8. The first-order valence-corrected chi connectivity index (χ1v) is 16.5. The number of amides is 1. The molecule has 3 saturated heterocycles. The van der Waals surface area contributed by atoms with Crippen molar-refractivity contribution in [2.45, 2.75) is 144 Å². The van der Waals surface area contributed by atoms with Crippen LogP contribution < -0.4 is 5.32 Å². The van der Waals surface area contributed by atoms with Crippen LogP contribution in [0.3, 0.4) is 0 Å². The van der Waals surface area contributed by atoms with E-state index in [1.54, 1.807) is 0 Å². The number of nitrogens with one attached hydrogen (secondary N) is 1. The van der Waals surface area contributed by atoms with E-state index in [9.17, 15) is 55.5 Å². The van der Waals surface area contributed by atoms with E-state index in [0.29, 0.717) is 12.8 Å². The van der Waals surface area contributed by atoms with Crippen LogP contribution in [-0.2, 0) is 42.7 Å². The molecule has 3 fully saturated rings. The Morgan fingerprint density at radius 2 is 1.10 bits per heavy atom. The smallest absolute Gasteiger partial charge is 0.305 e. The van der Waals surface area contributed by atoms with Crippen LogP contribution >= 0.6 is 0 Å². The van der Waals surface area contributed by atoms with Crippen LogP contribution in [0.1, 0.15) is 51.9 Å². The van der Waals surface area contributed by atoms with Crippen molar-refractivity contribution < 1.29 is 88.7 Å². The molecule has 3 aliphatic rings. The summed E-state index contributed by atoms with van der Waals surface area (Å²) in [6, 6.07) is -1.21. The predicted octanol–water partition coefficient (Wildman–Crippen LogP) is -4.50. The normalized spacial score (nSPS) is 39.8. The Kier molecular flexibility index (Phi) is 17.4. The molecule has 0 aliphatic carbocycles. The lowest BCUT2D eigenvalue weighted by Crippen LogP contribution is -2.69. The zero-order valence-corrected chi connectivity index (χ0v) is 27.6. The van der Waals surface area contributed by atoms with E-state index in [0.717, 1.165) is 32.1 Å². The van der Waals surface area contributed by atoms with Crippen molar-refractivity contribution in [2.75, 3.05) is 33.5 Å². The van der Waals surface area contributed by atoms with E-state index >= 15 is 0 Å². The topological polar surface area (TPSA) is 293 Å². The zero-order chi connectivity index (χ0) is 36.2. The van der Waals surface area contributed by atoms with Crippen molar-refractivity contribution in [2.24, 2.45) is 0 Å². The minimum atomic E-state index is -1.92. The summed E-state index contributed by atoms with van der Waals surface area (Å²) in [7, 11) is 1.35. The summed E-state index contributed by atoms with van der Waals surface area (Å²) in [4.78, 5) is 23.5. The van der Waals surface area contributed by atoms with E-state index in [1.807, 2.05) is 0 Å². The number of esters is 1. The highest BCUT2D eigenvalue weighted by molar-refractivity contribution is 5.73. The van der Waals surface area contributed by atoms with Crippen molar-refractivity contribution in [3.05, 3.63) is 0 Å². The number of hydrogen-bond acceptors (Lipinski definition) is 18. The average Bonchev–Trinajstić information content (AvgIpc) is 3.08. The highest BCUT2D eigenvalue weighted by Gasteiger charge is 2.54. The van der Waals surface area contributed by atoms with E-state index in [4.69, 9.17) is 28.4 Å². The summed E-state index contributed by atoms with van der Waals surface area (Å²) < 4.78 is 38.8. The van der Waals surface area contributed by atoms with Gasteiger partial charge in [0.05, 0.1) is 26.9 Å². The Morgan fingerprint density at radius 1 is 0.612 bits per heavy atom. The quantitative estimate of drug-likeness (QED) is 0.0472. The van der Waals surface area contributed by atoms with Gasteiger partial charge in [0.2, 0.25) is 5.91 Å². The first-order valence-electron chi connectivity index (χ1n) is 16.5. The molecule has 3 rings (SSSR count). The second kappa shape index (κ2) is 20.4. The lowest BCUT2D eigenvalue weighted by Gasteiger charge is -2.49. The molecule has 0 aromatic heterocycles. The van der Waals surface area contributed by atoms with Crippen LogP contribution in [0.5, 0.6) is 0 Å². The summed E-state index contributed by atoms with van der Waals surface area (Å²) in [5.41, 5.74) is 0. The van der Waals surface area contributed by atoms with Gasteiger partial charge in [0.1, 0.15) is 73.2 Å². The van der Waals surface area contributed by atoms with Crippen LogP contribution in [0.2, 0.25) is 0 Å². The summed E-state index contributed by atoms with van der Waals surface area (Å²) >= 11 is 0. The van der Waals surface area contributed by atoms with Crippen LogP contribution in [0, 0.1) is 0 Å². The Labute approximate surface area is 283 Å². The molecule has 0 bridgehead atoms. The van der Waals surface area contributed by atoms with Gasteiger partial charge in [-0.15, -0.1) is 0 Å². The third-order valence-electron chi connectivity index (χ3n) is 8.76. The molecular weight excluding hydrogens is 662 g/mol. The van der Waals surface area contributed by atoms with Crippen LogP contribution in [0.25, 0.3) is 0 Å². The number of methoxy groups -OCH3 is 1. The maximum Gasteiger partial charge on any atom is 0.305 e. The Hall–Kier alpha value is -1.66. The molecule has 286 valence electrons. The van der Waals surface area contributed by atoms with Gasteiger partial charge in [0, 0.05) is 20.0 Å². The molecule has 0 aromatic carbocycles. The largest absolute Gasteiger partial charge is 0.469 e. The van der Waals surface area contributed by atoms with E-state index in [1.165, 1.54) is 14.0 Å².